The molecule has 0 spiro atoms. The minimum atomic E-state index is -0.611. The maximum Gasteiger partial charge on any atom is 0.434 e. The van der Waals surface area contributed by atoms with E-state index in [0.29, 0.717) is 18.2 Å². The summed E-state index contributed by atoms with van der Waals surface area (Å²) in [6.07, 6.45) is 0.592. The van der Waals surface area contributed by atoms with Gasteiger partial charge in [0, 0.05) is 25.9 Å². The van der Waals surface area contributed by atoms with Crippen LogP contribution in [0.1, 0.15) is 19.3 Å². The van der Waals surface area contributed by atoms with Crippen molar-refractivity contribution < 1.29 is 19.2 Å². The van der Waals surface area contributed by atoms with Crippen molar-refractivity contribution >= 4 is 17.9 Å². The number of hydroxylamine groups is 2. The second-order valence-electron chi connectivity index (χ2n) is 3.28. The molecule has 0 aliphatic carbocycles. The summed E-state index contributed by atoms with van der Waals surface area (Å²) >= 11 is 0. The monoisotopic (exact) mass is 198 g/mol. The molecule has 2 rings (SSSR count). The molecule has 3 amide bonds. The van der Waals surface area contributed by atoms with Crippen LogP contribution in [0.3, 0.4) is 0 Å². The quantitative estimate of drug-likeness (QED) is 0.551. The summed E-state index contributed by atoms with van der Waals surface area (Å²) in [5, 5.41) is 0.570. The molecular formula is C8H10N2O4. The zero-order valence-electron chi connectivity index (χ0n) is 7.56. The van der Waals surface area contributed by atoms with Gasteiger partial charge < -0.3 is 9.74 Å². The normalized spacial score (nSPS) is 21.1. The molecule has 0 aromatic rings. The SMILES string of the molecule is O=C(ON1C(=O)CCC1=O)N1CCC1. The van der Waals surface area contributed by atoms with Gasteiger partial charge in [0.15, 0.2) is 0 Å². The van der Waals surface area contributed by atoms with Gasteiger partial charge in [0.05, 0.1) is 0 Å². The summed E-state index contributed by atoms with van der Waals surface area (Å²) in [4.78, 5) is 39.5. The average Bonchev–Trinajstić information content (AvgIpc) is 2.32. The van der Waals surface area contributed by atoms with E-state index in [9.17, 15) is 14.4 Å². The number of hydrogen-bond donors (Lipinski definition) is 0. The maximum atomic E-state index is 11.2. The van der Waals surface area contributed by atoms with E-state index in [0.717, 1.165) is 6.42 Å². The smallest absolute Gasteiger partial charge is 0.311 e. The number of likely N-dealkylation sites (tertiary alicyclic amines) is 1. The van der Waals surface area contributed by atoms with Gasteiger partial charge in [-0.15, -0.1) is 5.06 Å². The molecule has 0 aromatic heterocycles. The standard InChI is InChI=1S/C8H10N2O4/c11-6-2-3-7(12)10(6)14-8(13)9-4-1-5-9/h1-5H2. The largest absolute Gasteiger partial charge is 0.434 e. The lowest BCUT2D eigenvalue weighted by atomic mass is 10.2. The second kappa shape index (κ2) is 3.28. The Labute approximate surface area is 80.4 Å². The van der Waals surface area contributed by atoms with Gasteiger partial charge in [-0.1, -0.05) is 0 Å². The van der Waals surface area contributed by atoms with E-state index in [1.54, 1.807) is 0 Å². The van der Waals surface area contributed by atoms with Gasteiger partial charge >= 0.3 is 6.09 Å². The second-order valence-corrected chi connectivity index (χ2v) is 3.28. The zero-order chi connectivity index (χ0) is 10.1. The molecule has 0 aromatic carbocycles. The molecule has 2 aliphatic rings. The Morgan fingerprint density at radius 2 is 1.71 bits per heavy atom. The Balaban J connectivity index is 1.92. The van der Waals surface area contributed by atoms with Gasteiger partial charge in [-0.3, -0.25) is 9.59 Å². The maximum absolute atomic E-state index is 11.2. The van der Waals surface area contributed by atoms with Gasteiger partial charge in [0.25, 0.3) is 11.8 Å². The van der Waals surface area contributed by atoms with Crippen molar-refractivity contribution in [1.82, 2.24) is 9.96 Å². The Morgan fingerprint density at radius 1 is 1.14 bits per heavy atom. The predicted molar refractivity (Wildman–Crippen MR) is 43.8 cm³/mol. The number of nitrogens with zero attached hydrogens (tertiary/aromatic N) is 2. The number of carbonyl (C=O) groups is 3. The van der Waals surface area contributed by atoms with Crippen LogP contribution < -0.4 is 0 Å². The highest BCUT2D eigenvalue weighted by molar-refractivity contribution is 6.01. The lowest BCUT2D eigenvalue weighted by molar-refractivity contribution is -0.174. The molecule has 6 heteroatoms. The molecule has 2 saturated heterocycles. The third kappa shape index (κ3) is 1.43. The summed E-state index contributed by atoms with van der Waals surface area (Å²) < 4.78 is 0. The number of imide groups is 1. The van der Waals surface area contributed by atoms with E-state index in [1.807, 2.05) is 0 Å². The molecule has 0 bridgehead atoms. The fraction of sp³-hybridized carbons (Fsp3) is 0.625. The van der Waals surface area contributed by atoms with Gasteiger partial charge in [-0.25, -0.2) is 4.79 Å². The predicted octanol–water partition coefficient (Wildman–Crippen LogP) is -0.107. The average molecular weight is 198 g/mol. The molecule has 76 valence electrons. The van der Waals surface area contributed by atoms with Crippen molar-refractivity contribution in [2.45, 2.75) is 19.3 Å². The van der Waals surface area contributed by atoms with Gasteiger partial charge in [-0.05, 0) is 6.42 Å². The molecular weight excluding hydrogens is 188 g/mol. The third-order valence-electron chi connectivity index (χ3n) is 2.29. The fourth-order valence-electron chi connectivity index (χ4n) is 1.29. The summed E-state index contributed by atoms with van der Waals surface area (Å²) in [7, 11) is 0. The van der Waals surface area contributed by atoms with Crippen LogP contribution in [0, 0.1) is 0 Å². The summed E-state index contributed by atoms with van der Waals surface area (Å²) in [6, 6.07) is 0. The molecule has 2 fully saturated rings. The first-order valence-corrected chi connectivity index (χ1v) is 4.51. The number of amides is 3. The zero-order valence-corrected chi connectivity index (χ0v) is 7.56. The van der Waals surface area contributed by atoms with E-state index in [4.69, 9.17) is 0 Å². The van der Waals surface area contributed by atoms with Crippen LogP contribution in [0.2, 0.25) is 0 Å². The summed E-state index contributed by atoms with van der Waals surface area (Å²) in [5.74, 6) is -0.882. The van der Waals surface area contributed by atoms with Crippen LogP contribution in [0.5, 0.6) is 0 Å². The minimum absolute atomic E-state index is 0.131. The highest BCUT2D eigenvalue weighted by Gasteiger charge is 2.35. The third-order valence-corrected chi connectivity index (χ3v) is 2.29. The van der Waals surface area contributed by atoms with Crippen molar-refractivity contribution in [3.8, 4) is 0 Å². The van der Waals surface area contributed by atoms with Gasteiger partial charge in [0.1, 0.15) is 0 Å². The van der Waals surface area contributed by atoms with Gasteiger partial charge in [-0.2, -0.15) is 0 Å². The van der Waals surface area contributed by atoms with Crippen LogP contribution in [0.25, 0.3) is 0 Å². The molecule has 0 unspecified atom stereocenters. The van der Waals surface area contributed by atoms with Crippen LogP contribution in [0.4, 0.5) is 4.79 Å². The van der Waals surface area contributed by atoms with Crippen molar-refractivity contribution in [3.63, 3.8) is 0 Å². The highest BCUT2D eigenvalue weighted by Crippen LogP contribution is 2.15. The van der Waals surface area contributed by atoms with E-state index >= 15 is 0 Å². The van der Waals surface area contributed by atoms with Crippen molar-refractivity contribution in [1.29, 1.82) is 0 Å². The Kier molecular flexibility index (Phi) is 2.11. The summed E-state index contributed by atoms with van der Waals surface area (Å²) in [6.45, 7) is 1.27. The van der Waals surface area contributed by atoms with Crippen molar-refractivity contribution in [3.05, 3.63) is 0 Å². The molecule has 0 radical (unpaired) electrons. The van der Waals surface area contributed by atoms with E-state index in [-0.39, 0.29) is 12.8 Å². The molecule has 2 heterocycles. The van der Waals surface area contributed by atoms with Crippen LogP contribution >= 0.6 is 0 Å². The van der Waals surface area contributed by atoms with E-state index in [1.165, 1.54) is 4.90 Å². The topological polar surface area (TPSA) is 66.9 Å². The molecule has 14 heavy (non-hydrogen) atoms. The molecule has 0 saturated carbocycles. The molecule has 6 nitrogen and oxygen atoms in total. The first kappa shape index (κ1) is 8.98. The Morgan fingerprint density at radius 3 is 2.14 bits per heavy atom. The molecule has 2 aliphatic heterocycles. The number of hydrogen-bond acceptors (Lipinski definition) is 4. The van der Waals surface area contributed by atoms with E-state index in [2.05, 4.69) is 4.84 Å². The number of rotatable bonds is 1. The lowest BCUT2D eigenvalue weighted by Crippen LogP contribution is -2.46. The molecule has 0 N–H and O–H groups in total. The van der Waals surface area contributed by atoms with Crippen LogP contribution in [-0.2, 0) is 14.4 Å². The first-order valence-electron chi connectivity index (χ1n) is 4.51. The van der Waals surface area contributed by atoms with Crippen LogP contribution in [0.15, 0.2) is 0 Å². The van der Waals surface area contributed by atoms with Crippen molar-refractivity contribution in [2.24, 2.45) is 0 Å². The van der Waals surface area contributed by atoms with Crippen molar-refractivity contribution in [2.75, 3.05) is 13.1 Å². The first-order chi connectivity index (χ1) is 6.68. The Bertz CT molecular complexity index is 282. The highest BCUT2D eigenvalue weighted by atomic mass is 16.7. The minimum Gasteiger partial charge on any atom is -0.311 e. The van der Waals surface area contributed by atoms with Gasteiger partial charge in [0.2, 0.25) is 0 Å². The number of carbonyl (C=O) groups excluding carboxylic acids is 3. The van der Waals surface area contributed by atoms with E-state index < -0.39 is 17.9 Å². The lowest BCUT2D eigenvalue weighted by Gasteiger charge is -2.30. The fourth-order valence-corrected chi connectivity index (χ4v) is 1.29. The molecule has 0 atom stereocenters. The summed E-state index contributed by atoms with van der Waals surface area (Å²) in [5.41, 5.74) is 0. The van der Waals surface area contributed by atoms with Crippen LogP contribution in [-0.4, -0.2) is 41.0 Å². The Hall–Kier alpha value is -1.59.